The smallest absolute Gasteiger partial charge is 0.252 e. The van der Waals surface area contributed by atoms with Gasteiger partial charge in [-0.05, 0) is 62.4 Å². The van der Waals surface area contributed by atoms with E-state index in [1.807, 2.05) is 50.4 Å². The van der Waals surface area contributed by atoms with Crippen molar-refractivity contribution in [1.29, 1.82) is 0 Å². The third-order valence-corrected chi connectivity index (χ3v) is 7.47. The molecular weight excluding hydrogens is 532 g/mol. The molecule has 0 aliphatic carbocycles. The second kappa shape index (κ2) is 13.2. The summed E-state index contributed by atoms with van der Waals surface area (Å²) in [4.78, 5) is 41.6. The second-order valence-electron chi connectivity index (χ2n) is 10.3. The zero-order valence-corrected chi connectivity index (χ0v) is 24.2. The van der Waals surface area contributed by atoms with Crippen LogP contribution >= 0.6 is 0 Å². The van der Waals surface area contributed by atoms with Crippen molar-refractivity contribution in [2.75, 3.05) is 7.05 Å². The number of unbranched alkanes of at least 4 members (excludes halogenated alkanes) is 2. The van der Waals surface area contributed by atoms with Crippen LogP contribution in [0.5, 0.6) is 0 Å². The molecule has 0 aliphatic rings. The summed E-state index contributed by atoms with van der Waals surface area (Å²) in [5, 5.41) is 14.4. The van der Waals surface area contributed by atoms with E-state index in [1.165, 1.54) is 6.33 Å². The molecule has 42 heavy (non-hydrogen) atoms. The fourth-order valence-corrected chi connectivity index (χ4v) is 5.11. The molecule has 0 fully saturated rings. The first-order valence-corrected chi connectivity index (χ1v) is 14.2. The number of hydrogen-bond donors (Lipinski definition) is 3. The van der Waals surface area contributed by atoms with E-state index >= 15 is 0 Å². The van der Waals surface area contributed by atoms with Crippen LogP contribution in [0.4, 0.5) is 0 Å². The third kappa shape index (κ3) is 6.70. The minimum Gasteiger partial charge on any atom is -0.359 e. The van der Waals surface area contributed by atoms with Gasteiger partial charge in [-0.3, -0.25) is 9.59 Å². The lowest BCUT2D eigenvalue weighted by Crippen LogP contribution is -2.29. The number of imidazole rings is 1. The Hall–Kier alpha value is -4.87. The number of aromatic amines is 1. The number of carbonyl (C=O) groups is 2. The maximum atomic E-state index is 13.2. The second-order valence-corrected chi connectivity index (χ2v) is 10.3. The van der Waals surface area contributed by atoms with Gasteiger partial charge in [0.2, 0.25) is 11.8 Å². The number of fused-ring (bicyclic) bond motifs is 1. The Bertz CT molecular complexity index is 1640. The number of nitrogens with one attached hydrogen (secondary N) is 3. The number of H-pyrrole nitrogens is 1. The molecule has 0 saturated carbocycles. The van der Waals surface area contributed by atoms with Gasteiger partial charge in [-0.25, -0.2) is 19.2 Å². The predicted molar refractivity (Wildman–Crippen MR) is 158 cm³/mol. The maximum Gasteiger partial charge on any atom is 0.252 e. The van der Waals surface area contributed by atoms with Crippen LogP contribution in [0.1, 0.15) is 67.3 Å². The largest absolute Gasteiger partial charge is 0.359 e. The number of nitrogens with zero attached hydrogens (tertiary/aromatic N) is 7. The van der Waals surface area contributed by atoms with Gasteiger partial charge in [0.1, 0.15) is 12.2 Å². The van der Waals surface area contributed by atoms with E-state index in [4.69, 9.17) is 0 Å². The molecule has 1 atom stereocenters. The fraction of sp³-hybridized carbons (Fsp3) is 0.367. The molecule has 0 bridgehead atoms. The highest BCUT2D eigenvalue weighted by Crippen LogP contribution is 2.24. The van der Waals surface area contributed by atoms with Crippen LogP contribution in [-0.4, -0.2) is 58.2 Å². The Labute approximate surface area is 244 Å². The van der Waals surface area contributed by atoms with Gasteiger partial charge < -0.3 is 15.6 Å². The van der Waals surface area contributed by atoms with Gasteiger partial charge in [-0.15, -0.1) is 0 Å². The molecule has 0 radical (unpaired) electrons. The third-order valence-electron chi connectivity index (χ3n) is 7.47. The van der Waals surface area contributed by atoms with Crippen molar-refractivity contribution in [2.45, 2.75) is 64.8 Å². The standard InChI is InChI=1S/C30H36N10O2/c1-20-24(21(2)40-30(36-20)33-19-35-40)14-15-28(42)37-25(8-5-4-6-9-27(41)31-3)29-32-18-26(38-29)22-10-12-23(13-11-22)39-17-7-16-34-39/h7,10-13,16-19,25H,4-6,8-9,14-15H2,1-3H3,(H,31,41)(H,32,38)(H,37,42)/t25-/m0/s1. The van der Waals surface area contributed by atoms with Crippen LogP contribution in [0.3, 0.4) is 0 Å². The zero-order valence-electron chi connectivity index (χ0n) is 24.2. The molecule has 4 heterocycles. The van der Waals surface area contributed by atoms with E-state index in [2.05, 4.69) is 40.8 Å². The van der Waals surface area contributed by atoms with Crippen LogP contribution in [0.2, 0.25) is 0 Å². The number of aryl methyl sites for hydroxylation is 2. The summed E-state index contributed by atoms with van der Waals surface area (Å²) in [6, 6.07) is 9.65. The van der Waals surface area contributed by atoms with E-state index < -0.39 is 0 Å². The van der Waals surface area contributed by atoms with Crippen LogP contribution in [0.25, 0.3) is 22.7 Å². The summed E-state index contributed by atoms with van der Waals surface area (Å²) >= 11 is 0. The summed E-state index contributed by atoms with van der Waals surface area (Å²) in [6.07, 6.45) is 11.5. The van der Waals surface area contributed by atoms with E-state index in [1.54, 1.807) is 28.6 Å². The summed E-state index contributed by atoms with van der Waals surface area (Å²) in [5.41, 5.74) is 5.60. The average molecular weight is 569 g/mol. The molecule has 1 aromatic carbocycles. The maximum absolute atomic E-state index is 13.2. The topological polar surface area (TPSA) is 148 Å². The molecule has 0 unspecified atom stereocenters. The molecule has 0 aliphatic heterocycles. The van der Waals surface area contributed by atoms with E-state index in [-0.39, 0.29) is 17.9 Å². The van der Waals surface area contributed by atoms with Crippen molar-refractivity contribution in [1.82, 2.24) is 50.0 Å². The minimum absolute atomic E-state index is 0.0401. The molecule has 0 saturated heterocycles. The number of hydrogen-bond acceptors (Lipinski definition) is 7. The van der Waals surface area contributed by atoms with Crippen LogP contribution < -0.4 is 10.6 Å². The molecule has 5 rings (SSSR count). The molecule has 12 heteroatoms. The van der Waals surface area contributed by atoms with Gasteiger partial charge in [0.25, 0.3) is 5.78 Å². The fourth-order valence-electron chi connectivity index (χ4n) is 5.11. The van der Waals surface area contributed by atoms with E-state index in [9.17, 15) is 9.59 Å². The molecule has 4 aromatic heterocycles. The number of rotatable bonds is 13. The van der Waals surface area contributed by atoms with Gasteiger partial charge in [0.05, 0.1) is 23.6 Å². The van der Waals surface area contributed by atoms with Crippen molar-refractivity contribution in [3.05, 3.63) is 78.0 Å². The highest BCUT2D eigenvalue weighted by atomic mass is 16.2. The van der Waals surface area contributed by atoms with Gasteiger partial charge in [-0.2, -0.15) is 15.2 Å². The van der Waals surface area contributed by atoms with Crippen LogP contribution in [0, 0.1) is 13.8 Å². The Kier molecular flexibility index (Phi) is 9.00. The highest BCUT2D eigenvalue weighted by molar-refractivity contribution is 5.77. The number of benzene rings is 1. The van der Waals surface area contributed by atoms with Gasteiger partial charge in [-0.1, -0.05) is 25.0 Å². The molecule has 0 spiro atoms. The Morgan fingerprint density at radius 1 is 1.00 bits per heavy atom. The van der Waals surface area contributed by atoms with Crippen molar-refractivity contribution in [2.24, 2.45) is 0 Å². The Morgan fingerprint density at radius 3 is 2.60 bits per heavy atom. The lowest BCUT2D eigenvalue weighted by molar-refractivity contribution is -0.122. The van der Waals surface area contributed by atoms with Gasteiger partial charge in [0.15, 0.2) is 0 Å². The number of aromatic nitrogens is 8. The van der Waals surface area contributed by atoms with Crippen molar-refractivity contribution in [3.63, 3.8) is 0 Å². The van der Waals surface area contributed by atoms with Crippen molar-refractivity contribution >= 4 is 17.6 Å². The first-order valence-electron chi connectivity index (χ1n) is 14.2. The Morgan fingerprint density at radius 2 is 1.83 bits per heavy atom. The predicted octanol–water partition coefficient (Wildman–Crippen LogP) is 3.80. The average Bonchev–Trinajstić information content (AvgIpc) is 3.78. The van der Waals surface area contributed by atoms with E-state index in [0.29, 0.717) is 37.3 Å². The molecule has 3 N–H and O–H groups in total. The SMILES string of the molecule is CNC(=O)CCCCC[C@H](NC(=O)CCc1c(C)nc2ncnn2c1C)c1ncc(-c2ccc(-n3cccn3)cc2)[nH]1. The zero-order chi connectivity index (χ0) is 29.5. The molecule has 218 valence electrons. The lowest BCUT2D eigenvalue weighted by atomic mass is 10.0. The van der Waals surface area contributed by atoms with Crippen LogP contribution in [-0.2, 0) is 16.0 Å². The summed E-state index contributed by atoms with van der Waals surface area (Å²) in [7, 11) is 1.65. The molecular formula is C30H36N10O2. The summed E-state index contributed by atoms with van der Waals surface area (Å²) < 4.78 is 3.51. The van der Waals surface area contributed by atoms with Gasteiger partial charge >= 0.3 is 0 Å². The minimum atomic E-state index is -0.285. The van der Waals surface area contributed by atoms with Crippen molar-refractivity contribution in [3.8, 4) is 16.9 Å². The van der Waals surface area contributed by atoms with Crippen LogP contribution in [0.15, 0.2) is 55.2 Å². The summed E-state index contributed by atoms with van der Waals surface area (Å²) in [5.74, 6) is 1.24. The number of carbonyl (C=O) groups excluding carboxylic acids is 2. The normalized spacial score (nSPS) is 12.0. The first-order chi connectivity index (χ1) is 20.4. The van der Waals surface area contributed by atoms with E-state index in [0.717, 1.165) is 53.2 Å². The highest BCUT2D eigenvalue weighted by Gasteiger charge is 2.20. The van der Waals surface area contributed by atoms with Crippen molar-refractivity contribution < 1.29 is 9.59 Å². The summed E-state index contributed by atoms with van der Waals surface area (Å²) in [6.45, 7) is 3.90. The monoisotopic (exact) mass is 568 g/mol. The Balaban J connectivity index is 1.26. The molecule has 12 nitrogen and oxygen atoms in total. The van der Waals surface area contributed by atoms with Gasteiger partial charge in [0, 0.05) is 43.7 Å². The lowest BCUT2D eigenvalue weighted by Gasteiger charge is -2.17. The molecule has 2 amide bonds. The quantitative estimate of drug-likeness (QED) is 0.183. The first kappa shape index (κ1) is 28.7. The number of amides is 2. The molecule has 5 aromatic rings.